The number of hydrogen-bond donors (Lipinski definition) is 1. The van der Waals surface area contributed by atoms with Gasteiger partial charge in [-0.05, 0) is 40.5 Å². The van der Waals surface area contributed by atoms with E-state index in [-0.39, 0.29) is 0 Å². The Morgan fingerprint density at radius 1 is 1.10 bits per heavy atom. The van der Waals surface area contributed by atoms with Crippen LogP contribution in [0.4, 0.5) is 5.69 Å². The lowest BCUT2D eigenvalue weighted by Crippen LogP contribution is -2.02. The van der Waals surface area contributed by atoms with Gasteiger partial charge in [0.05, 0.1) is 0 Å². The summed E-state index contributed by atoms with van der Waals surface area (Å²) < 4.78 is 7.06. The Hall–Kier alpha value is -1.74. The minimum atomic E-state index is 0.766. The Balaban J connectivity index is 1.93. The van der Waals surface area contributed by atoms with Gasteiger partial charge in [0.25, 0.3) is 0 Å². The molecule has 2 aromatic carbocycles. The van der Waals surface area contributed by atoms with E-state index in [9.17, 15) is 0 Å². The van der Waals surface area contributed by atoms with Gasteiger partial charge in [0.2, 0.25) is 0 Å². The van der Waals surface area contributed by atoms with Gasteiger partial charge in [0.15, 0.2) is 0 Å². The highest BCUT2D eigenvalue weighted by molar-refractivity contribution is 9.10. The Morgan fingerprint density at radius 3 is 2.71 bits per heavy atom. The Labute approximate surface area is 133 Å². The minimum absolute atomic E-state index is 0.766. The summed E-state index contributed by atoms with van der Waals surface area (Å²) in [6.07, 6.45) is 0.903. The molecule has 0 aliphatic carbocycles. The van der Waals surface area contributed by atoms with E-state index in [1.54, 1.807) is 0 Å². The van der Waals surface area contributed by atoms with Crippen LogP contribution in [0, 0.1) is 6.92 Å². The Kier molecular flexibility index (Phi) is 4.02. The first-order valence-electron chi connectivity index (χ1n) is 7.19. The molecule has 1 heterocycles. The third kappa shape index (κ3) is 2.70. The van der Waals surface area contributed by atoms with Crippen LogP contribution in [-0.2, 0) is 13.0 Å². The van der Waals surface area contributed by atoms with Crippen molar-refractivity contribution in [3.63, 3.8) is 0 Å². The number of furan rings is 1. The van der Waals surface area contributed by atoms with Gasteiger partial charge in [-0.15, -0.1) is 0 Å². The highest BCUT2D eigenvalue weighted by atomic mass is 79.9. The maximum absolute atomic E-state index is 5.94. The second kappa shape index (κ2) is 5.94. The first kappa shape index (κ1) is 14.2. The second-order valence-corrected chi connectivity index (χ2v) is 5.94. The molecule has 0 fully saturated rings. The summed E-state index contributed by atoms with van der Waals surface area (Å²) in [4.78, 5) is 0. The fraction of sp³-hybridized carbons (Fsp3) is 0.222. The second-order valence-electron chi connectivity index (χ2n) is 5.14. The van der Waals surface area contributed by atoms with Crippen LogP contribution in [0.1, 0.15) is 23.8 Å². The average Bonchev–Trinajstić information content (AvgIpc) is 2.86. The van der Waals surface area contributed by atoms with Crippen molar-refractivity contribution in [2.45, 2.75) is 26.8 Å². The van der Waals surface area contributed by atoms with Crippen molar-refractivity contribution in [2.75, 3.05) is 5.32 Å². The van der Waals surface area contributed by atoms with E-state index < -0.39 is 0 Å². The fourth-order valence-corrected chi connectivity index (χ4v) is 3.00. The Morgan fingerprint density at radius 2 is 1.90 bits per heavy atom. The zero-order valence-corrected chi connectivity index (χ0v) is 13.8. The number of hydrogen-bond acceptors (Lipinski definition) is 2. The van der Waals surface area contributed by atoms with Gasteiger partial charge in [0, 0.05) is 34.1 Å². The van der Waals surface area contributed by atoms with Crippen molar-refractivity contribution < 1.29 is 4.42 Å². The SMILES string of the molecule is CCc1oc2ccccc2c1CNc1cccc(C)c1Br. The van der Waals surface area contributed by atoms with Gasteiger partial charge in [0.1, 0.15) is 11.3 Å². The molecule has 108 valence electrons. The molecule has 0 saturated carbocycles. The predicted molar refractivity (Wildman–Crippen MR) is 91.8 cm³/mol. The molecule has 0 aliphatic heterocycles. The summed E-state index contributed by atoms with van der Waals surface area (Å²) in [5, 5.41) is 4.72. The molecule has 3 aromatic rings. The van der Waals surface area contributed by atoms with E-state index in [4.69, 9.17) is 4.42 Å². The van der Waals surface area contributed by atoms with E-state index in [0.717, 1.165) is 34.5 Å². The maximum Gasteiger partial charge on any atom is 0.134 e. The largest absolute Gasteiger partial charge is 0.461 e. The molecule has 2 nitrogen and oxygen atoms in total. The van der Waals surface area contributed by atoms with Crippen LogP contribution in [0.5, 0.6) is 0 Å². The van der Waals surface area contributed by atoms with Crippen molar-refractivity contribution in [2.24, 2.45) is 0 Å². The summed E-state index contributed by atoms with van der Waals surface area (Å²) in [6.45, 7) is 4.99. The number of benzene rings is 2. The molecule has 0 amide bonds. The number of aryl methyl sites for hydroxylation is 2. The van der Waals surface area contributed by atoms with Crippen LogP contribution in [0.15, 0.2) is 51.4 Å². The van der Waals surface area contributed by atoms with Gasteiger partial charge in [-0.3, -0.25) is 0 Å². The van der Waals surface area contributed by atoms with Crippen molar-refractivity contribution in [3.8, 4) is 0 Å². The predicted octanol–water partition coefficient (Wildman–Crippen LogP) is 5.68. The monoisotopic (exact) mass is 343 g/mol. The highest BCUT2D eigenvalue weighted by Crippen LogP contribution is 2.29. The van der Waals surface area contributed by atoms with Crippen molar-refractivity contribution in [1.29, 1.82) is 0 Å². The molecule has 0 unspecified atom stereocenters. The minimum Gasteiger partial charge on any atom is -0.461 e. The van der Waals surface area contributed by atoms with Crippen LogP contribution in [-0.4, -0.2) is 0 Å². The average molecular weight is 344 g/mol. The van der Waals surface area contributed by atoms with Crippen LogP contribution in [0.3, 0.4) is 0 Å². The number of rotatable bonds is 4. The molecular formula is C18H18BrNO. The van der Waals surface area contributed by atoms with Gasteiger partial charge in [-0.1, -0.05) is 37.3 Å². The quantitative estimate of drug-likeness (QED) is 0.659. The number of nitrogens with one attached hydrogen (secondary N) is 1. The van der Waals surface area contributed by atoms with Crippen LogP contribution in [0.25, 0.3) is 11.0 Å². The van der Waals surface area contributed by atoms with Gasteiger partial charge >= 0.3 is 0 Å². The van der Waals surface area contributed by atoms with E-state index in [2.05, 4.69) is 65.4 Å². The summed E-state index contributed by atoms with van der Waals surface area (Å²) in [6, 6.07) is 14.5. The van der Waals surface area contributed by atoms with E-state index in [1.165, 1.54) is 16.5 Å². The number of para-hydroxylation sites is 1. The molecular weight excluding hydrogens is 326 g/mol. The Bertz CT molecular complexity index is 776. The third-order valence-electron chi connectivity index (χ3n) is 3.75. The number of anilines is 1. The van der Waals surface area contributed by atoms with Crippen molar-refractivity contribution >= 4 is 32.6 Å². The normalized spacial score (nSPS) is 11.0. The molecule has 0 atom stereocenters. The molecule has 21 heavy (non-hydrogen) atoms. The maximum atomic E-state index is 5.94. The lowest BCUT2D eigenvalue weighted by molar-refractivity contribution is 0.551. The molecule has 1 N–H and O–H groups in total. The summed E-state index contributed by atoms with van der Waals surface area (Å²) in [5.74, 6) is 1.06. The molecule has 0 bridgehead atoms. The van der Waals surface area contributed by atoms with Crippen molar-refractivity contribution in [1.82, 2.24) is 0 Å². The van der Waals surface area contributed by atoms with Crippen molar-refractivity contribution in [3.05, 3.63) is 63.8 Å². The van der Waals surface area contributed by atoms with Gasteiger partial charge < -0.3 is 9.73 Å². The zero-order chi connectivity index (χ0) is 14.8. The van der Waals surface area contributed by atoms with Crippen LogP contribution in [0.2, 0.25) is 0 Å². The zero-order valence-electron chi connectivity index (χ0n) is 12.2. The first-order valence-corrected chi connectivity index (χ1v) is 7.98. The summed E-state index contributed by atoms with van der Waals surface area (Å²) in [5.41, 5.74) is 4.56. The molecule has 3 rings (SSSR count). The number of halogens is 1. The molecule has 0 radical (unpaired) electrons. The summed E-state index contributed by atoms with van der Waals surface area (Å²) >= 11 is 3.64. The molecule has 0 aliphatic rings. The van der Waals surface area contributed by atoms with Crippen LogP contribution < -0.4 is 5.32 Å². The van der Waals surface area contributed by atoms with Gasteiger partial charge in [-0.2, -0.15) is 0 Å². The van der Waals surface area contributed by atoms with E-state index in [1.807, 2.05) is 12.1 Å². The van der Waals surface area contributed by atoms with E-state index in [0.29, 0.717) is 0 Å². The lowest BCUT2D eigenvalue weighted by Gasteiger charge is -2.10. The van der Waals surface area contributed by atoms with Crippen LogP contribution >= 0.6 is 15.9 Å². The third-order valence-corrected chi connectivity index (χ3v) is 4.80. The molecule has 3 heteroatoms. The first-order chi connectivity index (χ1) is 10.2. The smallest absolute Gasteiger partial charge is 0.134 e. The topological polar surface area (TPSA) is 25.2 Å². The molecule has 0 saturated heterocycles. The lowest BCUT2D eigenvalue weighted by atomic mass is 10.1. The highest BCUT2D eigenvalue weighted by Gasteiger charge is 2.12. The fourth-order valence-electron chi connectivity index (χ4n) is 2.60. The standard InChI is InChI=1S/C18H18BrNO/c1-3-16-14(13-8-4-5-10-17(13)21-16)11-20-15-9-6-7-12(2)18(15)19/h4-10,20H,3,11H2,1-2H3. The van der Waals surface area contributed by atoms with E-state index >= 15 is 0 Å². The molecule has 1 aromatic heterocycles. The number of fused-ring (bicyclic) bond motifs is 1. The summed E-state index contributed by atoms with van der Waals surface area (Å²) in [7, 11) is 0. The molecule has 0 spiro atoms. The van der Waals surface area contributed by atoms with Gasteiger partial charge in [-0.25, -0.2) is 0 Å².